The van der Waals surface area contributed by atoms with E-state index in [9.17, 15) is 4.79 Å². The maximum absolute atomic E-state index is 15.3. The average molecular weight is 511 g/mol. The average Bonchev–Trinajstić information content (AvgIpc) is 3.50. The van der Waals surface area contributed by atoms with Crippen molar-refractivity contribution in [1.29, 1.82) is 0 Å². The Morgan fingerprint density at radius 2 is 2.17 bits per heavy atom. The van der Waals surface area contributed by atoms with Gasteiger partial charge in [-0.3, -0.25) is 4.79 Å². The molecule has 190 valence electrons. The van der Waals surface area contributed by atoms with Crippen LogP contribution in [0.2, 0.25) is 0 Å². The van der Waals surface area contributed by atoms with Gasteiger partial charge in [-0.2, -0.15) is 0 Å². The van der Waals surface area contributed by atoms with E-state index < -0.39 is 0 Å². The summed E-state index contributed by atoms with van der Waals surface area (Å²) < 4.78 is 21.4. The number of carbonyl (C=O) groups excluding carboxylic acids is 1. The van der Waals surface area contributed by atoms with Crippen LogP contribution in [0, 0.1) is 18.7 Å². The van der Waals surface area contributed by atoms with Crippen molar-refractivity contribution in [2.75, 3.05) is 30.3 Å². The number of nitrogens with zero attached hydrogens (tertiary/aromatic N) is 3. The van der Waals surface area contributed by atoms with E-state index in [-0.39, 0.29) is 29.4 Å². The van der Waals surface area contributed by atoms with Gasteiger partial charge < -0.3 is 26.4 Å². The minimum absolute atomic E-state index is 0.129. The number of aryl methyl sites for hydroxylation is 2. The Bertz CT molecular complexity index is 1360. The molecule has 1 spiro atoms. The van der Waals surface area contributed by atoms with Crippen LogP contribution < -0.4 is 21.7 Å². The van der Waals surface area contributed by atoms with E-state index in [2.05, 4.69) is 22.1 Å². The molecule has 3 aliphatic rings. The number of thiophene rings is 1. The molecule has 6 rings (SSSR count). The molecule has 1 aliphatic carbocycles. The SMILES string of the molecule is Cc1ccc2c(N)c(C(=O)NC3CCc4nc(N5CC(N)C6(C5)OCCC6C)cc(F)c4C3)sc2n1. The number of hydrogen-bond acceptors (Lipinski definition) is 8. The maximum Gasteiger partial charge on any atom is 0.263 e. The minimum atomic E-state index is -0.383. The number of aromatic nitrogens is 2. The van der Waals surface area contributed by atoms with E-state index in [4.69, 9.17) is 21.2 Å². The zero-order valence-corrected chi connectivity index (χ0v) is 21.3. The summed E-state index contributed by atoms with van der Waals surface area (Å²) in [7, 11) is 0. The predicted octanol–water partition coefficient (Wildman–Crippen LogP) is 2.95. The Labute approximate surface area is 213 Å². The lowest BCUT2D eigenvalue weighted by Crippen LogP contribution is -2.50. The highest BCUT2D eigenvalue weighted by molar-refractivity contribution is 7.21. The van der Waals surface area contributed by atoms with Crippen molar-refractivity contribution < 1.29 is 13.9 Å². The Morgan fingerprint density at radius 1 is 1.33 bits per heavy atom. The number of rotatable bonds is 3. The number of hydrogen-bond donors (Lipinski definition) is 3. The lowest BCUT2D eigenvalue weighted by molar-refractivity contribution is -0.0109. The van der Waals surface area contributed by atoms with Gasteiger partial charge in [0.15, 0.2) is 0 Å². The standard InChI is InChI=1S/C26H31FN6O2S/c1-13-7-8-35-26(13)12-33(11-20(26)28)21-10-18(27)17-9-15(4-6-19(17)32-21)31-24(34)23-22(29)16-5-3-14(2)30-25(16)36-23/h3,5,10,13,15,20H,4,6-9,11-12,28-29H2,1-2H3,(H,31,34). The van der Waals surface area contributed by atoms with Gasteiger partial charge in [-0.15, -0.1) is 11.3 Å². The lowest BCUT2D eigenvalue weighted by atomic mass is 9.85. The van der Waals surface area contributed by atoms with Crippen molar-refractivity contribution in [3.05, 3.63) is 45.8 Å². The van der Waals surface area contributed by atoms with Crippen LogP contribution in [-0.4, -0.2) is 53.3 Å². The van der Waals surface area contributed by atoms with Crippen molar-refractivity contribution >= 4 is 39.0 Å². The first kappa shape index (κ1) is 23.6. The number of carbonyl (C=O) groups is 1. The van der Waals surface area contributed by atoms with Crippen molar-refractivity contribution in [1.82, 2.24) is 15.3 Å². The number of anilines is 2. The van der Waals surface area contributed by atoms with Gasteiger partial charge in [0.2, 0.25) is 0 Å². The second-order valence-corrected chi connectivity index (χ2v) is 11.4. The summed E-state index contributed by atoms with van der Waals surface area (Å²) in [4.78, 5) is 25.6. The summed E-state index contributed by atoms with van der Waals surface area (Å²) >= 11 is 1.29. The first-order valence-corrected chi connectivity index (χ1v) is 13.4. The Kier molecular flexibility index (Phi) is 5.66. The van der Waals surface area contributed by atoms with Crippen LogP contribution in [-0.2, 0) is 17.6 Å². The molecular weight excluding hydrogens is 479 g/mol. The third-order valence-corrected chi connectivity index (χ3v) is 9.27. The fourth-order valence-corrected chi connectivity index (χ4v) is 7.03. The number of pyridine rings is 2. The number of nitrogens with one attached hydrogen (secondary N) is 1. The summed E-state index contributed by atoms with van der Waals surface area (Å²) in [5.41, 5.74) is 15.0. The highest BCUT2D eigenvalue weighted by atomic mass is 32.1. The summed E-state index contributed by atoms with van der Waals surface area (Å²) in [5.74, 6) is 0.447. The van der Waals surface area contributed by atoms with E-state index in [0.29, 0.717) is 66.8 Å². The fourth-order valence-electron chi connectivity index (χ4n) is 5.99. The quantitative estimate of drug-likeness (QED) is 0.496. The van der Waals surface area contributed by atoms with Crippen LogP contribution >= 0.6 is 11.3 Å². The van der Waals surface area contributed by atoms with Crippen LogP contribution in [0.5, 0.6) is 0 Å². The smallest absolute Gasteiger partial charge is 0.263 e. The molecule has 5 heterocycles. The third-order valence-electron chi connectivity index (χ3n) is 8.16. The molecule has 0 bridgehead atoms. The zero-order chi connectivity index (χ0) is 25.2. The Balaban J connectivity index is 1.18. The predicted molar refractivity (Wildman–Crippen MR) is 139 cm³/mol. The number of nitrogen functional groups attached to an aromatic ring is 1. The van der Waals surface area contributed by atoms with Crippen LogP contribution in [0.4, 0.5) is 15.9 Å². The molecule has 8 nitrogen and oxygen atoms in total. The molecule has 3 aromatic rings. The zero-order valence-electron chi connectivity index (χ0n) is 20.5. The minimum Gasteiger partial charge on any atom is -0.397 e. The van der Waals surface area contributed by atoms with E-state index in [1.165, 1.54) is 17.4 Å². The Hall–Kier alpha value is -2.82. The van der Waals surface area contributed by atoms with Crippen molar-refractivity contribution in [3.63, 3.8) is 0 Å². The first-order chi connectivity index (χ1) is 17.2. The lowest BCUT2D eigenvalue weighted by Gasteiger charge is -2.31. The van der Waals surface area contributed by atoms with Crippen molar-refractivity contribution in [2.24, 2.45) is 11.7 Å². The molecule has 2 aliphatic heterocycles. The molecule has 3 aromatic heterocycles. The summed E-state index contributed by atoms with van der Waals surface area (Å²) in [6.07, 6.45) is 2.65. The molecule has 0 saturated carbocycles. The summed E-state index contributed by atoms with van der Waals surface area (Å²) in [5, 5.41) is 3.84. The molecule has 10 heteroatoms. The fraction of sp³-hybridized carbons (Fsp3) is 0.500. The van der Waals surface area contributed by atoms with Gasteiger partial charge in [-0.25, -0.2) is 14.4 Å². The van der Waals surface area contributed by atoms with Crippen LogP contribution in [0.25, 0.3) is 10.2 Å². The van der Waals surface area contributed by atoms with Gasteiger partial charge in [0.05, 0.1) is 18.3 Å². The highest BCUT2D eigenvalue weighted by Gasteiger charge is 2.52. The Morgan fingerprint density at radius 3 is 2.94 bits per heavy atom. The van der Waals surface area contributed by atoms with Gasteiger partial charge in [-0.05, 0) is 50.7 Å². The molecule has 5 N–H and O–H groups in total. The molecule has 4 unspecified atom stereocenters. The molecule has 2 saturated heterocycles. The van der Waals surface area contributed by atoms with Crippen LogP contribution in [0.1, 0.15) is 46.4 Å². The van der Waals surface area contributed by atoms with Gasteiger partial charge in [0.25, 0.3) is 5.91 Å². The number of amides is 1. The molecule has 4 atom stereocenters. The largest absolute Gasteiger partial charge is 0.397 e. The topological polar surface area (TPSA) is 119 Å². The summed E-state index contributed by atoms with van der Waals surface area (Å²) in [6, 6.07) is 4.96. The van der Waals surface area contributed by atoms with Gasteiger partial charge in [-0.1, -0.05) is 6.92 Å². The van der Waals surface area contributed by atoms with E-state index in [0.717, 1.165) is 28.0 Å². The maximum atomic E-state index is 15.3. The van der Waals surface area contributed by atoms with Gasteiger partial charge in [0, 0.05) is 47.6 Å². The van der Waals surface area contributed by atoms with Crippen LogP contribution in [0.3, 0.4) is 0 Å². The van der Waals surface area contributed by atoms with Gasteiger partial charge in [0.1, 0.15) is 26.9 Å². The van der Waals surface area contributed by atoms with E-state index >= 15 is 4.39 Å². The van der Waals surface area contributed by atoms with E-state index in [1.54, 1.807) is 0 Å². The second kappa shape index (κ2) is 8.64. The molecule has 1 amide bonds. The molecular formula is C26H31FN6O2S. The summed E-state index contributed by atoms with van der Waals surface area (Å²) in [6.45, 7) is 6.02. The van der Waals surface area contributed by atoms with E-state index in [1.807, 2.05) is 19.1 Å². The molecule has 0 radical (unpaired) electrons. The van der Waals surface area contributed by atoms with Crippen molar-refractivity contribution in [2.45, 2.75) is 57.2 Å². The number of fused-ring (bicyclic) bond motifs is 2. The van der Waals surface area contributed by atoms with Crippen molar-refractivity contribution in [3.8, 4) is 0 Å². The third kappa shape index (κ3) is 3.74. The molecule has 36 heavy (non-hydrogen) atoms. The highest BCUT2D eigenvalue weighted by Crippen LogP contribution is 2.41. The normalized spacial score (nSPS) is 27.7. The monoisotopic (exact) mass is 510 g/mol. The number of halogens is 1. The number of nitrogens with two attached hydrogens (primary N) is 2. The number of ether oxygens (including phenoxy) is 1. The van der Waals surface area contributed by atoms with Gasteiger partial charge >= 0.3 is 0 Å². The van der Waals surface area contributed by atoms with Crippen LogP contribution in [0.15, 0.2) is 18.2 Å². The molecule has 0 aromatic carbocycles. The second-order valence-electron chi connectivity index (χ2n) is 10.4. The first-order valence-electron chi connectivity index (χ1n) is 12.5. The molecule has 2 fully saturated rings.